The molecule has 1 aromatic heterocycles. The molecule has 3 heterocycles. The molecule has 2 fully saturated rings. The monoisotopic (exact) mass is 494 g/mol. The van der Waals surface area contributed by atoms with Gasteiger partial charge in [-0.15, -0.1) is 11.3 Å². The second-order valence-electron chi connectivity index (χ2n) is 9.42. The molecule has 35 heavy (non-hydrogen) atoms. The Morgan fingerprint density at radius 3 is 1.63 bits per heavy atom. The lowest BCUT2D eigenvalue weighted by Crippen LogP contribution is -2.37. The zero-order valence-electron chi connectivity index (χ0n) is 19.5. The fourth-order valence-electron chi connectivity index (χ4n) is 5.35. The van der Waals surface area contributed by atoms with Crippen LogP contribution in [0.15, 0.2) is 60.7 Å². The van der Waals surface area contributed by atoms with Gasteiger partial charge in [-0.2, -0.15) is 0 Å². The number of halogens is 2. The van der Waals surface area contributed by atoms with Gasteiger partial charge in [-0.05, 0) is 86.1 Å². The van der Waals surface area contributed by atoms with Crippen LogP contribution in [0.5, 0.6) is 0 Å². The predicted molar refractivity (Wildman–Crippen MR) is 133 cm³/mol. The largest absolute Gasteiger partial charge is 0.335 e. The fourth-order valence-corrected chi connectivity index (χ4v) is 6.27. The Balaban J connectivity index is 1.26. The Kier molecular flexibility index (Phi) is 6.95. The van der Waals surface area contributed by atoms with Crippen LogP contribution in [0.25, 0.3) is 0 Å². The maximum atomic E-state index is 13.6. The van der Waals surface area contributed by atoms with E-state index in [1.807, 2.05) is 21.9 Å². The molecule has 0 aliphatic carbocycles. The number of hydrogen-bond acceptors (Lipinski definition) is 3. The van der Waals surface area contributed by atoms with E-state index >= 15 is 0 Å². The van der Waals surface area contributed by atoms with Crippen molar-refractivity contribution in [2.45, 2.75) is 50.6 Å². The number of carbonyl (C=O) groups excluding carboxylic acids is 2. The van der Waals surface area contributed by atoms with Crippen molar-refractivity contribution < 1.29 is 18.4 Å². The van der Waals surface area contributed by atoms with Gasteiger partial charge < -0.3 is 9.80 Å². The summed E-state index contributed by atoms with van der Waals surface area (Å²) in [5.74, 6) is -0.661. The highest BCUT2D eigenvalue weighted by Crippen LogP contribution is 2.29. The zero-order valence-corrected chi connectivity index (χ0v) is 20.3. The van der Waals surface area contributed by atoms with Crippen molar-refractivity contribution in [3.05, 3.63) is 93.2 Å². The molecule has 2 aliphatic rings. The Morgan fingerprint density at radius 2 is 1.20 bits per heavy atom. The molecule has 0 radical (unpaired) electrons. The molecule has 5 rings (SSSR count). The minimum Gasteiger partial charge on any atom is -0.335 e. The molecule has 2 atom stereocenters. The molecule has 2 unspecified atom stereocenters. The van der Waals surface area contributed by atoms with Crippen LogP contribution in [0, 0.1) is 11.6 Å². The molecular formula is C28H28F2N2O2S. The van der Waals surface area contributed by atoms with Gasteiger partial charge in [0.25, 0.3) is 11.8 Å². The molecule has 0 N–H and O–H groups in total. The van der Waals surface area contributed by atoms with Crippen LogP contribution in [-0.4, -0.2) is 46.8 Å². The Morgan fingerprint density at radius 1 is 0.743 bits per heavy atom. The van der Waals surface area contributed by atoms with Crippen molar-refractivity contribution in [3.8, 4) is 0 Å². The first-order valence-corrected chi connectivity index (χ1v) is 13.0. The molecule has 0 bridgehead atoms. The van der Waals surface area contributed by atoms with Crippen molar-refractivity contribution in [3.63, 3.8) is 0 Å². The Bertz CT molecular complexity index is 1130. The summed E-state index contributed by atoms with van der Waals surface area (Å²) < 4.78 is 27.2. The normalized spacial score (nSPS) is 19.9. The number of nitrogens with zero attached hydrogens (tertiary/aromatic N) is 2. The van der Waals surface area contributed by atoms with Crippen molar-refractivity contribution in [2.75, 3.05) is 13.1 Å². The number of likely N-dealkylation sites (tertiary alicyclic amines) is 2. The molecule has 2 aromatic carbocycles. The Labute approximate surface area is 208 Å². The zero-order chi connectivity index (χ0) is 24.4. The standard InChI is InChI=1S/C28H28F2N2O2S/c29-21-7-1-5-19(15-21)17-23-9-3-13-31(23)27(33)25-11-12-26(35-25)28(34)32-14-4-10-24(32)18-20-6-2-8-22(30)16-20/h1-2,5-8,11-12,15-16,23-24H,3-4,9-10,13-14,17-18H2. The second kappa shape index (κ2) is 10.3. The van der Waals surface area contributed by atoms with E-state index in [0.717, 1.165) is 36.8 Å². The third-order valence-corrected chi connectivity index (χ3v) is 8.09. The van der Waals surface area contributed by atoms with Gasteiger partial charge in [0.1, 0.15) is 11.6 Å². The van der Waals surface area contributed by atoms with E-state index in [1.165, 1.54) is 35.6 Å². The first-order valence-electron chi connectivity index (χ1n) is 12.2. The van der Waals surface area contributed by atoms with Crippen LogP contribution in [0.3, 0.4) is 0 Å². The van der Waals surface area contributed by atoms with E-state index in [0.29, 0.717) is 35.7 Å². The van der Waals surface area contributed by atoms with Gasteiger partial charge in [-0.1, -0.05) is 24.3 Å². The van der Waals surface area contributed by atoms with Crippen LogP contribution in [0.1, 0.15) is 56.2 Å². The van der Waals surface area contributed by atoms with Crippen LogP contribution in [0.4, 0.5) is 8.78 Å². The van der Waals surface area contributed by atoms with Gasteiger partial charge in [0, 0.05) is 25.2 Å². The molecule has 182 valence electrons. The van der Waals surface area contributed by atoms with Gasteiger partial charge in [0.15, 0.2) is 0 Å². The van der Waals surface area contributed by atoms with Crippen molar-refractivity contribution in [1.82, 2.24) is 9.80 Å². The highest BCUT2D eigenvalue weighted by atomic mass is 32.1. The minimum atomic E-state index is -0.266. The SMILES string of the molecule is O=C(c1ccc(C(=O)N2CCCC2Cc2cccc(F)c2)s1)N1CCCC1Cc1cccc(F)c1. The molecule has 0 saturated carbocycles. The summed E-state index contributed by atoms with van der Waals surface area (Å²) in [5, 5.41) is 0. The predicted octanol–water partition coefficient (Wildman–Crippen LogP) is 5.72. The molecule has 0 spiro atoms. The highest BCUT2D eigenvalue weighted by molar-refractivity contribution is 7.15. The smallest absolute Gasteiger partial charge is 0.264 e. The van der Waals surface area contributed by atoms with E-state index in [2.05, 4.69) is 0 Å². The average molecular weight is 495 g/mol. The number of benzene rings is 2. The van der Waals surface area contributed by atoms with E-state index in [9.17, 15) is 18.4 Å². The fraction of sp³-hybridized carbons (Fsp3) is 0.357. The molecule has 3 aromatic rings. The third kappa shape index (κ3) is 5.30. The lowest BCUT2D eigenvalue weighted by atomic mass is 10.0. The number of carbonyl (C=O) groups is 2. The summed E-state index contributed by atoms with van der Waals surface area (Å²) in [6.45, 7) is 1.34. The second-order valence-corrected chi connectivity index (χ2v) is 10.5. The van der Waals surface area contributed by atoms with Crippen LogP contribution in [-0.2, 0) is 12.8 Å². The minimum absolute atomic E-state index is 0.0276. The van der Waals surface area contributed by atoms with Gasteiger partial charge in [-0.25, -0.2) is 8.78 Å². The topological polar surface area (TPSA) is 40.6 Å². The summed E-state index contributed by atoms with van der Waals surface area (Å²) in [7, 11) is 0. The first kappa shape index (κ1) is 23.7. The van der Waals surface area contributed by atoms with Crippen molar-refractivity contribution in [2.24, 2.45) is 0 Å². The molecule has 2 saturated heterocycles. The summed E-state index contributed by atoms with van der Waals surface area (Å²) in [5.41, 5.74) is 1.77. The summed E-state index contributed by atoms with van der Waals surface area (Å²) in [6, 6.07) is 16.6. The number of rotatable bonds is 6. The van der Waals surface area contributed by atoms with Gasteiger partial charge in [0.2, 0.25) is 0 Å². The lowest BCUT2D eigenvalue weighted by molar-refractivity contribution is 0.0735. The number of hydrogen-bond donors (Lipinski definition) is 0. The summed E-state index contributed by atoms with van der Waals surface area (Å²) in [6.07, 6.45) is 4.84. The molecular weight excluding hydrogens is 466 g/mol. The first-order chi connectivity index (χ1) is 17.0. The van der Waals surface area contributed by atoms with Gasteiger partial charge >= 0.3 is 0 Å². The quantitative estimate of drug-likeness (QED) is 0.440. The number of amides is 2. The van der Waals surface area contributed by atoms with Crippen molar-refractivity contribution >= 4 is 23.2 Å². The molecule has 2 aliphatic heterocycles. The van der Waals surface area contributed by atoms with Gasteiger partial charge in [-0.3, -0.25) is 9.59 Å². The van der Waals surface area contributed by atoms with E-state index in [-0.39, 0.29) is 35.5 Å². The van der Waals surface area contributed by atoms with E-state index in [1.54, 1.807) is 24.3 Å². The van der Waals surface area contributed by atoms with E-state index in [4.69, 9.17) is 0 Å². The maximum absolute atomic E-state index is 13.6. The highest BCUT2D eigenvalue weighted by Gasteiger charge is 2.33. The maximum Gasteiger partial charge on any atom is 0.264 e. The molecule has 2 amide bonds. The van der Waals surface area contributed by atoms with Crippen molar-refractivity contribution in [1.29, 1.82) is 0 Å². The van der Waals surface area contributed by atoms with E-state index < -0.39 is 0 Å². The Hall–Kier alpha value is -3.06. The number of thiophene rings is 1. The van der Waals surface area contributed by atoms with Crippen LogP contribution >= 0.6 is 11.3 Å². The molecule has 4 nitrogen and oxygen atoms in total. The van der Waals surface area contributed by atoms with Crippen LogP contribution < -0.4 is 0 Å². The van der Waals surface area contributed by atoms with Gasteiger partial charge in [0.05, 0.1) is 9.75 Å². The summed E-state index contributed by atoms with van der Waals surface area (Å²) >= 11 is 1.24. The molecule has 7 heteroatoms. The van der Waals surface area contributed by atoms with Crippen LogP contribution in [0.2, 0.25) is 0 Å². The lowest BCUT2D eigenvalue weighted by Gasteiger charge is -2.25. The summed E-state index contributed by atoms with van der Waals surface area (Å²) in [4.78, 5) is 31.5. The third-order valence-electron chi connectivity index (χ3n) is 7.02. The average Bonchev–Trinajstić information content (AvgIpc) is 3.60.